The number of benzene rings is 1. The van der Waals surface area contributed by atoms with Gasteiger partial charge in [-0.3, -0.25) is 4.72 Å². The summed E-state index contributed by atoms with van der Waals surface area (Å²) in [5, 5.41) is 0. The summed E-state index contributed by atoms with van der Waals surface area (Å²) in [5.41, 5.74) is 6.79. The molecule has 0 radical (unpaired) electrons. The molecule has 19 heavy (non-hydrogen) atoms. The van der Waals surface area contributed by atoms with E-state index in [1.165, 1.54) is 6.42 Å². The SMILES string of the molecule is Nc1cc(NS(=O)(=O)CC2CCCCC2)ccc1Br. The average Bonchev–Trinajstić information content (AvgIpc) is 2.34. The zero-order chi connectivity index (χ0) is 13.9. The van der Waals surface area contributed by atoms with Crippen molar-refractivity contribution in [1.82, 2.24) is 0 Å². The van der Waals surface area contributed by atoms with Crippen LogP contribution in [0.3, 0.4) is 0 Å². The van der Waals surface area contributed by atoms with Crippen molar-refractivity contribution >= 4 is 37.3 Å². The van der Waals surface area contributed by atoms with Crippen molar-refractivity contribution in [1.29, 1.82) is 0 Å². The summed E-state index contributed by atoms with van der Waals surface area (Å²) >= 11 is 3.29. The Hall–Kier alpha value is -0.750. The van der Waals surface area contributed by atoms with Gasteiger partial charge >= 0.3 is 0 Å². The van der Waals surface area contributed by atoms with Gasteiger partial charge in [0.1, 0.15) is 0 Å². The number of hydrogen-bond acceptors (Lipinski definition) is 3. The van der Waals surface area contributed by atoms with Gasteiger partial charge in [0.2, 0.25) is 10.0 Å². The monoisotopic (exact) mass is 346 g/mol. The molecule has 0 amide bonds. The molecule has 0 unspecified atom stereocenters. The van der Waals surface area contributed by atoms with Gasteiger partial charge in [-0.1, -0.05) is 19.3 Å². The molecule has 1 aromatic carbocycles. The van der Waals surface area contributed by atoms with Crippen LogP contribution in [0.15, 0.2) is 22.7 Å². The van der Waals surface area contributed by atoms with E-state index in [0.29, 0.717) is 17.3 Å². The maximum atomic E-state index is 12.1. The van der Waals surface area contributed by atoms with Crippen LogP contribution in [0.25, 0.3) is 0 Å². The third-order valence-corrected chi connectivity index (χ3v) is 5.63. The Morgan fingerprint density at radius 2 is 1.95 bits per heavy atom. The van der Waals surface area contributed by atoms with Crippen LogP contribution in [0, 0.1) is 5.92 Å². The lowest BCUT2D eigenvalue weighted by molar-refractivity contribution is 0.385. The quantitative estimate of drug-likeness (QED) is 0.821. The van der Waals surface area contributed by atoms with E-state index in [4.69, 9.17) is 5.73 Å². The Kier molecular flexibility index (Phi) is 4.73. The van der Waals surface area contributed by atoms with Crippen LogP contribution in [0.4, 0.5) is 11.4 Å². The summed E-state index contributed by atoms with van der Waals surface area (Å²) in [5.74, 6) is 0.502. The molecule has 4 nitrogen and oxygen atoms in total. The number of sulfonamides is 1. The molecule has 0 aliphatic heterocycles. The fourth-order valence-corrected chi connectivity index (χ4v) is 4.26. The van der Waals surface area contributed by atoms with Crippen LogP contribution in [-0.4, -0.2) is 14.2 Å². The normalized spacial score (nSPS) is 17.3. The summed E-state index contributed by atoms with van der Waals surface area (Å²) in [6, 6.07) is 5.08. The first-order valence-electron chi connectivity index (χ1n) is 6.52. The van der Waals surface area contributed by atoms with E-state index in [9.17, 15) is 8.42 Å². The minimum absolute atomic E-state index is 0.211. The molecule has 2 rings (SSSR count). The summed E-state index contributed by atoms with van der Waals surface area (Å²) in [6.45, 7) is 0. The Bertz CT molecular complexity index is 540. The second-order valence-electron chi connectivity index (χ2n) is 5.12. The first-order valence-corrected chi connectivity index (χ1v) is 8.96. The second-order valence-corrected chi connectivity index (χ2v) is 7.75. The highest BCUT2D eigenvalue weighted by Crippen LogP contribution is 2.27. The molecule has 1 aromatic rings. The predicted octanol–water partition coefficient (Wildman–Crippen LogP) is 3.35. The van der Waals surface area contributed by atoms with E-state index in [2.05, 4.69) is 20.7 Å². The molecule has 1 aliphatic carbocycles. The Labute approximate surface area is 122 Å². The molecule has 1 fully saturated rings. The van der Waals surface area contributed by atoms with Gasteiger partial charge in [0, 0.05) is 10.2 Å². The fraction of sp³-hybridized carbons (Fsp3) is 0.538. The van der Waals surface area contributed by atoms with Crippen molar-refractivity contribution in [2.45, 2.75) is 32.1 Å². The minimum Gasteiger partial charge on any atom is -0.398 e. The molecule has 0 bridgehead atoms. The fourth-order valence-electron chi connectivity index (χ4n) is 2.49. The van der Waals surface area contributed by atoms with Crippen LogP contribution < -0.4 is 10.5 Å². The van der Waals surface area contributed by atoms with E-state index in [1.807, 2.05) is 0 Å². The topological polar surface area (TPSA) is 72.2 Å². The number of halogens is 1. The molecule has 0 aromatic heterocycles. The summed E-state index contributed by atoms with van der Waals surface area (Å²) in [7, 11) is -3.28. The largest absolute Gasteiger partial charge is 0.398 e. The van der Waals surface area contributed by atoms with E-state index < -0.39 is 10.0 Å². The van der Waals surface area contributed by atoms with Gasteiger partial charge in [0.05, 0.1) is 11.4 Å². The van der Waals surface area contributed by atoms with E-state index >= 15 is 0 Å². The lowest BCUT2D eigenvalue weighted by Crippen LogP contribution is -2.24. The van der Waals surface area contributed by atoms with E-state index in [-0.39, 0.29) is 5.75 Å². The van der Waals surface area contributed by atoms with Crippen LogP contribution in [0.1, 0.15) is 32.1 Å². The molecule has 0 spiro atoms. The van der Waals surface area contributed by atoms with Crippen LogP contribution in [0.5, 0.6) is 0 Å². The molecule has 0 atom stereocenters. The highest BCUT2D eigenvalue weighted by Gasteiger charge is 2.21. The van der Waals surface area contributed by atoms with Crippen LogP contribution in [-0.2, 0) is 10.0 Å². The number of nitrogens with one attached hydrogen (secondary N) is 1. The molecule has 1 saturated carbocycles. The summed E-state index contributed by atoms with van der Waals surface area (Å²) in [6.07, 6.45) is 5.55. The average molecular weight is 347 g/mol. The van der Waals surface area contributed by atoms with Gasteiger partial charge in [-0.05, 0) is 52.9 Å². The highest BCUT2D eigenvalue weighted by atomic mass is 79.9. The molecule has 0 heterocycles. The van der Waals surface area contributed by atoms with Gasteiger partial charge in [-0.25, -0.2) is 8.42 Å². The molecule has 3 N–H and O–H groups in total. The Morgan fingerprint density at radius 1 is 1.26 bits per heavy atom. The first-order chi connectivity index (χ1) is 8.96. The van der Waals surface area contributed by atoms with Gasteiger partial charge in [-0.15, -0.1) is 0 Å². The van der Waals surface area contributed by atoms with E-state index in [0.717, 1.165) is 30.2 Å². The highest BCUT2D eigenvalue weighted by molar-refractivity contribution is 9.10. The van der Waals surface area contributed by atoms with Crippen molar-refractivity contribution in [3.63, 3.8) is 0 Å². The smallest absolute Gasteiger partial charge is 0.232 e. The number of hydrogen-bond donors (Lipinski definition) is 2. The van der Waals surface area contributed by atoms with Gasteiger partial charge in [0.25, 0.3) is 0 Å². The minimum atomic E-state index is -3.28. The molecular weight excluding hydrogens is 328 g/mol. The number of nitrogen functional groups attached to an aromatic ring is 1. The molecule has 1 aliphatic rings. The number of rotatable bonds is 4. The maximum absolute atomic E-state index is 12.1. The van der Waals surface area contributed by atoms with Crippen molar-refractivity contribution in [2.24, 2.45) is 5.92 Å². The van der Waals surface area contributed by atoms with E-state index in [1.54, 1.807) is 18.2 Å². The molecule has 0 saturated heterocycles. The lowest BCUT2D eigenvalue weighted by atomic mass is 9.91. The summed E-state index contributed by atoms with van der Waals surface area (Å²) < 4.78 is 27.6. The Balaban J connectivity index is 2.01. The lowest BCUT2D eigenvalue weighted by Gasteiger charge is -2.21. The molecular formula is C13H19BrN2O2S. The van der Waals surface area contributed by atoms with Crippen molar-refractivity contribution < 1.29 is 8.42 Å². The van der Waals surface area contributed by atoms with Crippen molar-refractivity contribution in [2.75, 3.05) is 16.2 Å². The predicted molar refractivity (Wildman–Crippen MR) is 82.5 cm³/mol. The van der Waals surface area contributed by atoms with Gasteiger partial charge in [-0.2, -0.15) is 0 Å². The Morgan fingerprint density at radius 3 is 2.58 bits per heavy atom. The zero-order valence-corrected chi connectivity index (χ0v) is 13.1. The van der Waals surface area contributed by atoms with Crippen LogP contribution in [0.2, 0.25) is 0 Å². The van der Waals surface area contributed by atoms with Gasteiger partial charge in [0.15, 0.2) is 0 Å². The second kappa shape index (κ2) is 6.13. The molecule has 106 valence electrons. The molecule has 6 heteroatoms. The zero-order valence-electron chi connectivity index (χ0n) is 10.7. The van der Waals surface area contributed by atoms with Gasteiger partial charge < -0.3 is 5.73 Å². The van der Waals surface area contributed by atoms with Crippen molar-refractivity contribution in [3.8, 4) is 0 Å². The van der Waals surface area contributed by atoms with Crippen LogP contribution >= 0.6 is 15.9 Å². The third-order valence-electron chi connectivity index (χ3n) is 3.45. The van der Waals surface area contributed by atoms with Crippen molar-refractivity contribution in [3.05, 3.63) is 22.7 Å². The maximum Gasteiger partial charge on any atom is 0.232 e. The summed E-state index contributed by atoms with van der Waals surface area (Å²) in [4.78, 5) is 0. The standard InChI is InChI=1S/C13H19BrN2O2S/c14-12-7-6-11(8-13(12)15)16-19(17,18)9-10-4-2-1-3-5-10/h6-8,10,16H,1-5,9,15H2. The number of nitrogens with two attached hydrogens (primary N) is 1. The first kappa shape index (κ1) is 14.7. The third kappa shape index (κ3) is 4.38. The number of anilines is 2.